The molecule has 0 saturated heterocycles. The van der Waals surface area contributed by atoms with Crippen LogP contribution in [0.25, 0.3) is 0 Å². The Hall–Kier alpha value is -1.00. The Morgan fingerprint density at radius 3 is 2.10 bits per heavy atom. The number of hydrogen-bond acceptors (Lipinski definition) is 2. The van der Waals surface area contributed by atoms with E-state index in [0.29, 0.717) is 5.92 Å². The van der Waals surface area contributed by atoms with Crippen molar-refractivity contribution in [2.24, 2.45) is 23.5 Å². The Kier molecular flexibility index (Phi) is 4.03. The third-order valence-corrected chi connectivity index (χ3v) is 4.64. The lowest BCUT2D eigenvalue weighted by molar-refractivity contribution is 0.350. The summed E-state index contributed by atoms with van der Waals surface area (Å²) in [6, 6.07) is 3.54. The van der Waals surface area contributed by atoms with Crippen molar-refractivity contribution in [3.8, 4) is 0 Å². The number of nitrogens with one attached hydrogen (secondary N) is 1. The van der Waals surface area contributed by atoms with Crippen molar-refractivity contribution >= 4 is 0 Å². The highest BCUT2D eigenvalue weighted by atomic mass is 19.1. The zero-order valence-corrected chi connectivity index (χ0v) is 11.6. The predicted octanol–water partition coefficient (Wildman–Crippen LogP) is 2.99. The van der Waals surface area contributed by atoms with Gasteiger partial charge in [0, 0.05) is 12.1 Å². The summed E-state index contributed by atoms with van der Waals surface area (Å²) < 4.78 is 27.6. The van der Waals surface area contributed by atoms with Gasteiger partial charge in [-0.25, -0.2) is 8.78 Å². The highest BCUT2D eigenvalue weighted by Crippen LogP contribution is 2.49. The van der Waals surface area contributed by atoms with Crippen LogP contribution in [0.4, 0.5) is 8.78 Å². The Balaban J connectivity index is 1.67. The van der Waals surface area contributed by atoms with Crippen molar-refractivity contribution in [2.75, 3.05) is 13.1 Å². The Labute approximate surface area is 118 Å². The van der Waals surface area contributed by atoms with Crippen molar-refractivity contribution in [1.29, 1.82) is 0 Å². The van der Waals surface area contributed by atoms with Crippen molar-refractivity contribution < 1.29 is 8.78 Å². The molecule has 110 valence electrons. The second-order valence-electron chi connectivity index (χ2n) is 6.17. The van der Waals surface area contributed by atoms with Crippen LogP contribution in [0.2, 0.25) is 0 Å². The zero-order chi connectivity index (χ0) is 14.1. The minimum absolute atomic E-state index is 0.0837. The van der Waals surface area contributed by atoms with E-state index in [1.54, 1.807) is 0 Å². The van der Waals surface area contributed by atoms with E-state index in [-0.39, 0.29) is 12.1 Å². The topological polar surface area (TPSA) is 38.0 Å². The number of rotatable bonds is 7. The van der Waals surface area contributed by atoms with E-state index in [9.17, 15) is 8.78 Å². The molecule has 0 heterocycles. The largest absolute Gasteiger partial charge is 0.329 e. The molecule has 2 aliphatic rings. The van der Waals surface area contributed by atoms with Gasteiger partial charge in [0.25, 0.3) is 0 Å². The molecule has 0 aromatic heterocycles. The van der Waals surface area contributed by atoms with E-state index < -0.39 is 17.7 Å². The first-order valence-electron chi connectivity index (χ1n) is 7.58. The van der Waals surface area contributed by atoms with E-state index in [2.05, 4.69) is 5.32 Å². The van der Waals surface area contributed by atoms with E-state index >= 15 is 0 Å². The maximum Gasteiger partial charge on any atom is 0.130 e. The summed E-state index contributed by atoms with van der Waals surface area (Å²) in [5.41, 5.74) is 5.80. The third-order valence-electron chi connectivity index (χ3n) is 4.64. The van der Waals surface area contributed by atoms with Gasteiger partial charge in [0.05, 0.1) is 6.04 Å². The summed E-state index contributed by atoms with van der Waals surface area (Å²) in [5, 5.41) is 3.31. The molecule has 3 rings (SSSR count). The molecule has 0 aliphatic heterocycles. The minimum Gasteiger partial charge on any atom is -0.329 e. The molecular weight excluding hydrogens is 258 g/mol. The molecule has 0 amide bonds. The predicted molar refractivity (Wildman–Crippen MR) is 75.1 cm³/mol. The van der Waals surface area contributed by atoms with E-state index in [0.717, 1.165) is 18.4 Å². The molecule has 3 N–H and O–H groups in total. The summed E-state index contributed by atoms with van der Waals surface area (Å²) in [4.78, 5) is 0. The van der Waals surface area contributed by atoms with Gasteiger partial charge in [-0.15, -0.1) is 0 Å². The molecule has 2 aliphatic carbocycles. The van der Waals surface area contributed by atoms with E-state index in [1.807, 2.05) is 0 Å². The SMILES string of the molecule is NCC(NCC(C1CC1)C1CC1)c1c(F)cccc1F. The van der Waals surface area contributed by atoms with Gasteiger partial charge in [-0.05, 0) is 62.1 Å². The highest BCUT2D eigenvalue weighted by molar-refractivity contribution is 5.23. The number of hydrogen-bond donors (Lipinski definition) is 2. The molecule has 4 heteroatoms. The van der Waals surface area contributed by atoms with Crippen LogP contribution < -0.4 is 11.1 Å². The van der Waals surface area contributed by atoms with Crippen LogP contribution in [0.3, 0.4) is 0 Å². The molecule has 2 fully saturated rings. The van der Waals surface area contributed by atoms with Gasteiger partial charge in [-0.2, -0.15) is 0 Å². The van der Waals surface area contributed by atoms with E-state index in [1.165, 1.54) is 43.9 Å². The summed E-state index contributed by atoms with van der Waals surface area (Å²) >= 11 is 0. The normalized spacial score (nSPS) is 20.4. The smallest absolute Gasteiger partial charge is 0.130 e. The van der Waals surface area contributed by atoms with Gasteiger partial charge >= 0.3 is 0 Å². The summed E-state index contributed by atoms with van der Waals surface area (Å²) in [5.74, 6) is 1.28. The quantitative estimate of drug-likeness (QED) is 0.806. The van der Waals surface area contributed by atoms with Gasteiger partial charge < -0.3 is 11.1 Å². The standard InChI is InChI=1S/C16H22F2N2/c17-13-2-1-3-14(18)16(13)15(8-19)20-9-12(10-4-5-10)11-6-7-11/h1-3,10-12,15,20H,4-9,19H2. The van der Waals surface area contributed by atoms with Crippen LogP contribution >= 0.6 is 0 Å². The number of benzene rings is 1. The van der Waals surface area contributed by atoms with Crippen LogP contribution in [0.5, 0.6) is 0 Å². The molecule has 2 nitrogen and oxygen atoms in total. The average molecular weight is 280 g/mol. The molecule has 1 aromatic carbocycles. The molecule has 1 atom stereocenters. The molecule has 0 radical (unpaired) electrons. The van der Waals surface area contributed by atoms with Gasteiger partial charge in [-0.3, -0.25) is 0 Å². The van der Waals surface area contributed by atoms with Crippen LogP contribution in [-0.4, -0.2) is 13.1 Å². The van der Waals surface area contributed by atoms with Crippen molar-refractivity contribution in [1.82, 2.24) is 5.32 Å². The first kappa shape index (κ1) is 14.0. The molecule has 1 aromatic rings. The summed E-state index contributed by atoms with van der Waals surface area (Å²) in [7, 11) is 0. The molecule has 1 unspecified atom stereocenters. The highest BCUT2D eigenvalue weighted by Gasteiger charge is 2.41. The molecule has 2 saturated carbocycles. The van der Waals surface area contributed by atoms with Gasteiger partial charge in [0.2, 0.25) is 0 Å². The van der Waals surface area contributed by atoms with Gasteiger partial charge in [0.1, 0.15) is 11.6 Å². The maximum absolute atomic E-state index is 13.8. The Morgan fingerprint density at radius 2 is 1.65 bits per heavy atom. The molecule has 20 heavy (non-hydrogen) atoms. The fourth-order valence-electron chi connectivity index (χ4n) is 3.19. The minimum atomic E-state index is -0.512. The molecule has 0 spiro atoms. The maximum atomic E-state index is 13.8. The number of nitrogens with two attached hydrogens (primary N) is 1. The van der Waals surface area contributed by atoms with Crippen LogP contribution in [0, 0.1) is 29.4 Å². The summed E-state index contributed by atoms with van der Waals surface area (Å²) in [6.07, 6.45) is 5.24. The summed E-state index contributed by atoms with van der Waals surface area (Å²) in [6.45, 7) is 1.03. The van der Waals surface area contributed by atoms with Gasteiger partial charge in [-0.1, -0.05) is 6.07 Å². The first-order chi connectivity index (χ1) is 9.70. The molecule has 0 bridgehead atoms. The fraction of sp³-hybridized carbons (Fsp3) is 0.625. The zero-order valence-electron chi connectivity index (χ0n) is 11.6. The van der Waals surface area contributed by atoms with E-state index in [4.69, 9.17) is 5.73 Å². The Bertz CT molecular complexity index is 437. The molecular formula is C16H22F2N2. The van der Waals surface area contributed by atoms with Crippen molar-refractivity contribution in [3.63, 3.8) is 0 Å². The van der Waals surface area contributed by atoms with Crippen LogP contribution in [-0.2, 0) is 0 Å². The number of halogens is 2. The lowest BCUT2D eigenvalue weighted by Crippen LogP contribution is -2.34. The lowest BCUT2D eigenvalue weighted by atomic mass is 9.96. The first-order valence-corrected chi connectivity index (χ1v) is 7.58. The van der Waals surface area contributed by atoms with Crippen LogP contribution in [0.1, 0.15) is 37.3 Å². The van der Waals surface area contributed by atoms with Gasteiger partial charge in [0.15, 0.2) is 0 Å². The monoisotopic (exact) mass is 280 g/mol. The fourth-order valence-corrected chi connectivity index (χ4v) is 3.19. The average Bonchev–Trinajstić information content (AvgIpc) is 3.29. The third kappa shape index (κ3) is 3.01. The van der Waals surface area contributed by atoms with Crippen molar-refractivity contribution in [2.45, 2.75) is 31.7 Å². The lowest BCUT2D eigenvalue weighted by Gasteiger charge is -2.23. The van der Waals surface area contributed by atoms with Crippen LogP contribution in [0.15, 0.2) is 18.2 Å². The Morgan fingerprint density at radius 1 is 1.10 bits per heavy atom. The van der Waals surface area contributed by atoms with Crippen molar-refractivity contribution in [3.05, 3.63) is 35.4 Å². The second kappa shape index (κ2) is 5.78. The second-order valence-corrected chi connectivity index (χ2v) is 6.17.